The van der Waals surface area contributed by atoms with E-state index in [-0.39, 0.29) is 18.1 Å². The number of anilines is 1. The van der Waals surface area contributed by atoms with Gasteiger partial charge in [0.25, 0.3) is 0 Å². The van der Waals surface area contributed by atoms with Gasteiger partial charge in [0, 0.05) is 29.3 Å². The molecule has 4 aromatic rings. The van der Waals surface area contributed by atoms with Crippen molar-refractivity contribution in [1.82, 2.24) is 19.9 Å². The van der Waals surface area contributed by atoms with Crippen LogP contribution in [0.25, 0.3) is 33.4 Å². The molecule has 2 aromatic carbocycles. The fraction of sp³-hybridized carbons (Fsp3) is 0.231. The van der Waals surface area contributed by atoms with Crippen molar-refractivity contribution in [2.24, 2.45) is 0 Å². The van der Waals surface area contributed by atoms with Crippen molar-refractivity contribution in [2.45, 2.75) is 13.8 Å². The number of hydrogen-bond donors (Lipinski definition) is 1. The number of esters is 1. The number of aromatic nitrogens is 3. The number of pyridine rings is 1. The first-order chi connectivity index (χ1) is 16.5. The average molecular weight is 476 g/mol. The second-order valence-corrected chi connectivity index (χ2v) is 8.12. The fourth-order valence-corrected chi connectivity index (χ4v) is 4.03. The quantitative estimate of drug-likeness (QED) is 0.354. The van der Waals surface area contributed by atoms with Crippen LogP contribution in [0.15, 0.2) is 60.8 Å². The summed E-state index contributed by atoms with van der Waals surface area (Å²) in [5, 5.41) is 1.33. The van der Waals surface area contributed by atoms with Gasteiger partial charge >= 0.3 is 5.97 Å². The summed E-state index contributed by atoms with van der Waals surface area (Å²) in [4.78, 5) is 28.6. The van der Waals surface area contributed by atoms with Crippen molar-refractivity contribution in [3.8, 4) is 22.5 Å². The maximum Gasteiger partial charge on any atom is 0.360 e. The zero-order chi connectivity index (χ0) is 24.1. The van der Waals surface area contributed by atoms with Crippen LogP contribution < -0.4 is 5.73 Å². The Morgan fingerprint density at radius 1 is 1.00 bits per heavy atom. The molecule has 174 valence electrons. The summed E-state index contributed by atoms with van der Waals surface area (Å²) in [6.07, 6.45) is 1.69. The molecule has 2 aromatic heterocycles. The number of nitrogens with two attached hydrogens (primary N) is 1. The molecule has 2 N–H and O–H groups in total. The van der Waals surface area contributed by atoms with Gasteiger partial charge in [-0.1, -0.05) is 61.8 Å². The minimum absolute atomic E-state index is 0.0170. The van der Waals surface area contributed by atoms with Crippen LogP contribution in [-0.4, -0.2) is 52.1 Å². The predicted octanol–water partition coefficient (Wildman–Crippen LogP) is 5.09. The molecular weight excluding hydrogens is 450 g/mol. The lowest BCUT2D eigenvalue weighted by Gasteiger charge is -2.18. The van der Waals surface area contributed by atoms with Crippen molar-refractivity contribution in [3.05, 3.63) is 71.5 Å². The number of ether oxygens (including phenoxy) is 1. The zero-order valence-electron chi connectivity index (χ0n) is 19.2. The lowest BCUT2D eigenvalue weighted by Crippen LogP contribution is -2.28. The molecule has 0 bridgehead atoms. The lowest BCUT2D eigenvalue weighted by atomic mass is 10.0. The van der Waals surface area contributed by atoms with Crippen LogP contribution in [0.4, 0.5) is 5.82 Å². The van der Waals surface area contributed by atoms with Gasteiger partial charge in [-0.2, -0.15) is 0 Å². The van der Waals surface area contributed by atoms with Crippen LogP contribution in [0.5, 0.6) is 0 Å². The standard InChI is InChI=1S/C26H26ClN5O2/c1-3-32(4-2)13-14-34-26(33)24-25(28)31-22(17-9-6-5-7-10-17)23(30-24)19-15-18-11-8-12-29-21(18)20(27)16-19/h5-12,15-16H,3-4,13-14H2,1-2H3,(H2,28,31). The molecule has 34 heavy (non-hydrogen) atoms. The Morgan fingerprint density at radius 3 is 2.47 bits per heavy atom. The highest BCUT2D eigenvalue weighted by molar-refractivity contribution is 6.35. The van der Waals surface area contributed by atoms with E-state index < -0.39 is 5.97 Å². The number of hydrogen-bond acceptors (Lipinski definition) is 7. The van der Waals surface area contributed by atoms with Gasteiger partial charge in [-0.05, 0) is 31.3 Å². The van der Waals surface area contributed by atoms with Gasteiger partial charge in [0.1, 0.15) is 6.61 Å². The number of fused-ring (bicyclic) bond motifs is 1. The van der Waals surface area contributed by atoms with E-state index in [0.29, 0.717) is 34.0 Å². The molecule has 7 nitrogen and oxygen atoms in total. The van der Waals surface area contributed by atoms with Gasteiger partial charge < -0.3 is 15.4 Å². The molecule has 0 aliphatic carbocycles. The third-order valence-corrected chi connectivity index (χ3v) is 5.92. The molecule has 0 spiro atoms. The minimum atomic E-state index is -0.605. The first-order valence-electron chi connectivity index (χ1n) is 11.2. The van der Waals surface area contributed by atoms with Crippen LogP contribution in [0.3, 0.4) is 0 Å². The van der Waals surface area contributed by atoms with Gasteiger partial charge in [0.2, 0.25) is 0 Å². The van der Waals surface area contributed by atoms with E-state index in [4.69, 9.17) is 22.1 Å². The molecule has 0 aliphatic rings. The molecule has 0 saturated carbocycles. The molecule has 0 saturated heterocycles. The van der Waals surface area contributed by atoms with Gasteiger partial charge in [-0.15, -0.1) is 0 Å². The summed E-state index contributed by atoms with van der Waals surface area (Å²) in [7, 11) is 0. The molecule has 4 rings (SSSR count). The van der Waals surface area contributed by atoms with Gasteiger partial charge in [-0.25, -0.2) is 14.8 Å². The SMILES string of the molecule is CCN(CC)CCOC(=O)c1nc(-c2cc(Cl)c3ncccc3c2)c(-c2ccccc2)nc1N. The predicted molar refractivity (Wildman–Crippen MR) is 136 cm³/mol. The smallest absolute Gasteiger partial charge is 0.360 e. The Morgan fingerprint density at radius 2 is 1.74 bits per heavy atom. The van der Waals surface area contributed by atoms with E-state index in [0.717, 1.165) is 24.0 Å². The first kappa shape index (κ1) is 23.6. The molecule has 0 fully saturated rings. The van der Waals surface area contributed by atoms with E-state index in [1.807, 2.05) is 48.5 Å². The molecule has 2 heterocycles. The molecule has 8 heteroatoms. The maximum atomic E-state index is 12.9. The van der Waals surface area contributed by atoms with Gasteiger partial charge in [0.15, 0.2) is 11.5 Å². The van der Waals surface area contributed by atoms with Crippen molar-refractivity contribution < 1.29 is 9.53 Å². The summed E-state index contributed by atoms with van der Waals surface area (Å²) in [6.45, 7) is 6.76. The Bertz CT molecular complexity index is 1310. The number of benzene rings is 2. The Kier molecular flexibility index (Phi) is 7.35. The highest BCUT2D eigenvalue weighted by Crippen LogP contribution is 2.35. The van der Waals surface area contributed by atoms with Crippen LogP contribution in [0, 0.1) is 0 Å². The van der Waals surface area contributed by atoms with E-state index >= 15 is 0 Å². The Labute approximate surface area is 203 Å². The van der Waals surface area contributed by atoms with Crippen molar-refractivity contribution in [1.29, 1.82) is 0 Å². The van der Waals surface area contributed by atoms with Crippen molar-refractivity contribution >= 4 is 34.3 Å². The number of halogens is 1. The van der Waals surface area contributed by atoms with Crippen molar-refractivity contribution in [2.75, 3.05) is 32.0 Å². The topological polar surface area (TPSA) is 94.2 Å². The summed E-state index contributed by atoms with van der Waals surface area (Å²) >= 11 is 6.54. The summed E-state index contributed by atoms with van der Waals surface area (Å²) in [5.74, 6) is -0.587. The Hall–Kier alpha value is -3.55. The fourth-order valence-electron chi connectivity index (χ4n) is 3.76. The number of carbonyl (C=O) groups excluding carboxylic acids is 1. The number of nitrogen functional groups attached to an aromatic ring is 1. The van der Waals surface area contributed by atoms with E-state index in [1.165, 1.54) is 0 Å². The normalized spacial score (nSPS) is 11.2. The third kappa shape index (κ3) is 5.00. The maximum absolute atomic E-state index is 12.9. The monoisotopic (exact) mass is 475 g/mol. The van der Waals surface area contributed by atoms with E-state index in [2.05, 4.69) is 33.7 Å². The van der Waals surface area contributed by atoms with E-state index in [1.54, 1.807) is 12.3 Å². The molecule has 0 atom stereocenters. The van der Waals surface area contributed by atoms with E-state index in [9.17, 15) is 4.79 Å². The Balaban J connectivity index is 1.78. The highest BCUT2D eigenvalue weighted by atomic mass is 35.5. The third-order valence-electron chi connectivity index (χ3n) is 5.63. The molecule has 0 unspecified atom stereocenters. The zero-order valence-corrected chi connectivity index (χ0v) is 19.9. The molecule has 0 aliphatic heterocycles. The molecule has 0 amide bonds. The van der Waals surface area contributed by atoms with Crippen LogP contribution in [0.2, 0.25) is 5.02 Å². The second-order valence-electron chi connectivity index (χ2n) is 7.72. The van der Waals surface area contributed by atoms with Crippen molar-refractivity contribution in [3.63, 3.8) is 0 Å². The summed E-state index contributed by atoms with van der Waals surface area (Å²) < 4.78 is 5.47. The highest BCUT2D eigenvalue weighted by Gasteiger charge is 2.22. The first-order valence-corrected chi connectivity index (χ1v) is 11.6. The largest absolute Gasteiger partial charge is 0.460 e. The average Bonchev–Trinajstić information content (AvgIpc) is 2.87. The number of nitrogens with zero attached hydrogens (tertiary/aromatic N) is 4. The molecule has 0 radical (unpaired) electrons. The lowest BCUT2D eigenvalue weighted by molar-refractivity contribution is 0.0461. The van der Waals surface area contributed by atoms with Gasteiger partial charge in [-0.3, -0.25) is 4.98 Å². The minimum Gasteiger partial charge on any atom is -0.460 e. The number of carbonyl (C=O) groups is 1. The number of likely N-dealkylation sites (N-methyl/N-ethyl adjacent to an activating group) is 1. The molecular formula is C26H26ClN5O2. The van der Waals surface area contributed by atoms with Crippen LogP contribution in [0.1, 0.15) is 24.3 Å². The van der Waals surface area contributed by atoms with Crippen LogP contribution >= 0.6 is 11.6 Å². The number of rotatable bonds is 8. The van der Waals surface area contributed by atoms with Crippen LogP contribution in [-0.2, 0) is 4.74 Å². The second kappa shape index (κ2) is 10.6. The summed E-state index contributed by atoms with van der Waals surface area (Å²) in [5.41, 5.74) is 9.43. The van der Waals surface area contributed by atoms with Gasteiger partial charge in [0.05, 0.1) is 21.9 Å². The summed E-state index contributed by atoms with van der Waals surface area (Å²) in [6, 6.07) is 17.0.